The first-order valence-corrected chi connectivity index (χ1v) is 10.8. The van der Waals surface area contributed by atoms with Crippen LogP contribution < -0.4 is 4.90 Å². The summed E-state index contributed by atoms with van der Waals surface area (Å²) in [6.45, 7) is 6.31. The molecule has 2 bridgehead atoms. The maximum absolute atomic E-state index is 12.2. The number of anilines is 1. The molecule has 4 rings (SSSR count). The number of nitrogens with zero attached hydrogens (tertiary/aromatic N) is 4. The van der Waals surface area contributed by atoms with Crippen LogP contribution in [0.2, 0.25) is 0 Å². The summed E-state index contributed by atoms with van der Waals surface area (Å²) >= 11 is 0. The topological polar surface area (TPSA) is 49.3 Å². The maximum atomic E-state index is 12.2. The predicted octanol–water partition coefficient (Wildman–Crippen LogP) is 3.33. The zero-order chi connectivity index (χ0) is 19.0. The van der Waals surface area contributed by atoms with Crippen LogP contribution in [0.3, 0.4) is 0 Å². The van der Waals surface area contributed by atoms with Crippen molar-refractivity contribution in [2.75, 3.05) is 25.0 Å². The molecular formula is C22H34N4O. The Kier molecular flexibility index (Phi) is 5.49. The van der Waals surface area contributed by atoms with Crippen molar-refractivity contribution in [3.63, 3.8) is 0 Å². The molecule has 148 valence electrons. The lowest BCUT2D eigenvalue weighted by Gasteiger charge is -2.39. The third kappa shape index (κ3) is 4.03. The quantitative estimate of drug-likeness (QED) is 0.796. The van der Waals surface area contributed by atoms with Crippen molar-refractivity contribution < 1.29 is 4.79 Å². The third-order valence-corrected chi connectivity index (χ3v) is 6.93. The number of fused-ring (bicyclic) bond motifs is 2. The van der Waals surface area contributed by atoms with Gasteiger partial charge in [0, 0.05) is 49.4 Å². The van der Waals surface area contributed by atoms with E-state index in [4.69, 9.17) is 9.97 Å². The van der Waals surface area contributed by atoms with Gasteiger partial charge in [-0.3, -0.25) is 4.79 Å². The molecule has 1 aliphatic carbocycles. The van der Waals surface area contributed by atoms with E-state index in [9.17, 15) is 4.79 Å². The van der Waals surface area contributed by atoms with Gasteiger partial charge in [-0.15, -0.1) is 0 Å². The number of hydrogen-bond donors (Lipinski definition) is 0. The van der Waals surface area contributed by atoms with E-state index < -0.39 is 0 Å². The minimum atomic E-state index is 0.178. The van der Waals surface area contributed by atoms with E-state index >= 15 is 0 Å². The van der Waals surface area contributed by atoms with Gasteiger partial charge in [0.05, 0.1) is 0 Å². The van der Waals surface area contributed by atoms with E-state index in [1.165, 1.54) is 18.4 Å². The number of hydrogen-bond acceptors (Lipinski definition) is 5. The Bertz CT molecular complexity index is 637. The van der Waals surface area contributed by atoms with Crippen LogP contribution in [0.1, 0.15) is 57.9 Å². The number of likely N-dealkylation sites (tertiary alicyclic amines) is 1. The van der Waals surface area contributed by atoms with Crippen LogP contribution in [0, 0.1) is 17.8 Å². The molecule has 1 aromatic heterocycles. The highest BCUT2D eigenvalue weighted by Gasteiger charge is 2.40. The lowest BCUT2D eigenvalue weighted by atomic mass is 9.76. The molecule has 3 aliphatic rings. The highest BCUT2D eigenvalue weighted by molar-refractivity contribution is 5.82. The summed E-state index contributed by atoms with van der Waals surface area (Å²) in [6.07, 6.45) is 12.1. The SMILES string of the molecule is CC(C)C(=O)[C@H]1CC[C@H](Cc2cnc(N3C4CCC3CN(C)C4)nc2)CC1. The molecule has 2 aliphatic heterocycles. The van der Waals surface area contributed by atoms with Gasteiger partial charge in [-0.25, -0.2) is 9.97 Å². The van der Waals surface area contributed by atoms with E-state index in [0.717, 1.165) is 51.1 Å². The summed E-state index contributed by atoms with van der Waals surface area (Å²) in [6, 6.07) is 1.15. The molecule has 3 heterocycles. The molecule has 0 spiro atoms. The van der Waals surface area contributed by atoms with Crippen LogP contribution >= 0.6 is 0 Å². The summed E-state index contributed by atoms with van der Waals surface area (Å²) in [5.41, 5.74) is 1.25. The molecule has 5 nitrogen and oxygen atoms in total. The van der Waals surface area contributed by atoms with Gasteiger partial charge in [0.2, 0.25) is 5.95 Å². The molecule has 0 radical (unpaired) electrons. The molecular weight excluding hydrogens is 336 g/mol. The van der Waals surface area contributed by atoms with Crippen molar-refractivity contribution in [3.05, 3.63) is 18.0 Å². The molecule has 5 heteroatoms. The third-order valence-electron chi connectivity index (χ3n) is 6.93. The predicted molar refractivity (Wildman–Crippen MR) is 108 cm³/mol. The summed E-state index contributed by atoms with van der Waals surface area (Å²) in [4.78, 5) is 26.6. The molecule has 27 heavy (non-hydrogen) atoms. The number of Topliss-reactive ketones (excluding diaryl/α,β-unsaturated/α-hetero) is 1. The van der Waals surface area contributed by atoms with Crippen molar-refractivity contribution in [1.82, 2.24) is 14.9 Å². The minimum Gasteiger partial charge on any atom is -0.332 e. The number of carbonyl (C=O) groups excluding carboxylic acids is 1. The van der Waals surface area contributed by atoms with Crippen molar-refractivity contribution >= 4 is 11.7 Å². The Balaban J connectivity index is 1.32. The second kappa shape index (κ2) is 7.86. The van der Waals surface area contributed by atoms with Gasteiger partial charge in [0.1, 0.15) is 5.78 Å². The first-order valence-electron chi connectivity index (χ1n) is 10.8. The number of piperazine rings is 1. The lowest BCUT2D eigenvalue weighted by Crippen LogP contribution is -2.53. The summed E-state index contributed by atoms with van der Waals surface area (Å²) < 4.78 is 0. The monoisotopic (exact) mass is 370 g/mol. The standard InChI is InChI=1S/C22H34N4O/c1-15(2)21(27)18-6-4-16(5-7-18)10-17-11-23-22(24-12-17)26-19-8-9-20(26)14-25(3)13-19/h11-12,15-16,18-20H,4-10,13-14H2,1-3H3/t16-,18-,19?,20?. The van der Waals surface area contributed by atoms with Crippen LogP contribution in [0.5, 0.6) is 0 Å². The molecule has 3 fully saturated rings. The first kappa shape index (κ1) is 18.9. The van der Waals surface area contributed by atoms with Crippen LogP contribution in [-0.2, 0) is 11.2 Å². The van der Waals surface area contributed by atoms with E-state index in [1.54, 1.807) is 0 Å². The molecule has 2 atom stereocenters. The van der Waals surface area contributed by atoms with Gasteiger partial charge in [0.15, 0.2) is 0 Å². The molecule has 0 amide bonds. The fraction of sp³-hybridized carbons (Fsp3) is 0.773. The average molecular weight is 371 g/mol. The van der Waals surface area contributed by atoms with Crippen molar-refractivity contribution in [3.8, 4) is 0 Å². The Morgan fingerprint density at radius 1 is 1.04 bits per heavy atom. The Labute approximate surface area is 163 Å². The van der Waals surface area contributed by atoms with Crippen LogP contribution in [0.4, 0.5) is 5.95 Å². The normalized spacial score (nSPS) is 31.5. The Morgan fingerprint density at radius 3 is 2.19 bits per heavy atom. The number of aromatic nitrogens is 2. The van der Waals surface area contributed by atoms with E-state index in [1.807, 2.05) is 26.2 Å². The van der Waals surface area contributed by atoms with Gasteiger partial charge in [-0.2, -0.15) is 0 Å². The molecule has 0 N–H and O–H groups in total. The largest absolute Gasteiger partial charge is 0.332 e. The van der Waals surface area contributed by atoms with Gasteiger partial charge in [-0.1, -0.05) is 13.8 Å². The average Bonchev–Trinajstić information content (AvgIpc) is 2.93. The van der Waals surface area contributed by atoms with E-state index in [2.05, 4.69) is 16.8 Å². The van der Waals surface area contributed by atoms with Crippen LogP contribution in [0.15, 0.2) is 12.4 Å². The Morgan fingerprint density at radius 2 is 1.63 bits per heavy atom. The van der Waals surface area contributed by atoms with E-state index in [0.29, 0.717) is 29.7 Å². The molecule has 1 aromatic rings. The van der Waals surface area contributed by atoms with Gasteiger partial charge >= 0.3 is 0 Å². The second-order valence-electron chi connectivity index (χ2n) is 9.38. The van der Waals surface area contributed by atoms with Crippen molar-refractivity contribution in [2.45, 2.75) is 70.9 Å². The van der Waals surface area contributed by atoms with Crippen LogP contribution in [-0.4, -0.2) is 52.9 Å². The second-order valence-corrected chi connectivity index (χ2v) is 9.38. The lowest BCUT2D eigenvalue weighted by molar-refractivity contribution is -0.127. The highest BCUT2D eigenvalue weighted by Crippen LogP contribution is 2.34. The van der Waals surface area contributed by atoms with Gasteiger partial charge in [-0.05, 0) is 63.5 Å². The first-order chi connectivity index (χ1) is 13.0. The van der Waals surface area contributed by atoms with Crippen molar-refractivity contribution in [2.24, 2.45) is 17.8 Å². The number of likely N-dealkylation sites (N-methyl/N-ethyl adjacent to an activating group) is 1. The van der Waals surface area contributed by atoms with E-state index in [-0.39, 0.29) is 5.92 Å². The van der Waals surface area contributed by atoms with Gasteiger partial charge < -0.3 is 9.80 Å². The zero-order valence-electron chi connectivity index (χ0n) is 17.1. The zero-order valence-corrected chi connectivity index (χ0v) is 17.1. The number of rotatable bonds is 5. The highest BCUT2D eigenvalue weighted by atomic mass is 16.1. The summed E-state index contributed by atoms with van der Waals surface area (Å²) in [7, 11) is 2.22. The summed E-state index contributed by atoms with van der Waals surface area (Å²) in [5, 5.41) is 0. The molecule has 2 unspecified atom stereocenters. The van der Waals surface area contributed by atoms with Crippen molar-refractivity contribution in [1.29, 1.82) is 0 Å². The number of ketones is 1. The maximum Gasteiger partial charge on any atom is 0.225 e. The fourth-order valence-electron chi connectivity index (χ4n) is 5.48. The number of carbonyl (C=O) groups is 1. The minimum absolute atomic E-state index is 0.178. The molecule has 2 saturated heterocycles. The van der Waals surface area contributed by atoms with Crippen LogP contribution in [0.25, 0.3) is 0 Å². The molecule has 0 aromatic carbocycles. The smallest absolute Gasteiger partial charge is 0.225 e. The molecule has 1 saturated carbocycles. The fourth-order valence-corrected chi connectivity index (χ4v) is 5.48. The Hall–Kier alpha value is -1.49. The van der Waals surface area contributed by atoms with Gasteiger partial charge in [0.25, 0.3) is 0 Å². The summed E-state index contributed by atoms with van der Waals surface area (Å²) in [5.74, 6) is 2.54.